The number of H-pyrrole nitrogens is 1. The normalized spacial score (nSPS) is 25.9. The highest BCUT2D eigenvalue weighted by atomic mass is 32.1. The van der Waals surface area contributed by atoms with Crippen LogP contribution in [0, 0.1) is 29.6 Å². The van der Waals surface area contributed by atoms with E-state index in [1.165, 1.54) is 0 Å². The van der Waals surface area contributed by atoms with Crippen molar-refractivity contribution in [2.45, 2.75) is 149 Å². The molecule has 15 heteroatoms. The fraction of sp³-hybridized carbons (Fsp3) is 0.674. The molecule has 6 amide bonds. The van der Waals surface area contributed by atoms with E-state index < -0.39 is 83.0 Å². The smallest absolute Gasteiger partial charge is 0.243 e. The maximum absolute atomic E-state index is 14.4. The van der Waals surface area contributed by atoms with E-state index in [-0.39, 0.29) is 49.0 Å². The lowest BCUT2D eigenvalue weighted by Crippen LogP contribution is -2.62. The highest BCUT2D eigenvalue weighted by Gasteiger charge is 2.37. The molecule has 1 unspecified atom stereocenters. The Hall–Kier alpha value is -4.11. The molecule has 0 spiro atoms. The number of aromatic amines is 1. The van der Waals surface area contributed by atoms with Gasteiger partial charge in [0, 0.05) is 41.4 Å². The zero-order valence-electron chi connectivity index (χ0n) is 36.3. The van der Waals surface area contributed by atoms with Crippen molar-refractivity contribution in [3.8, 4) is 0 Å². The minimum Gasteiger partial charge on any atom is -0.361 e. The summed E-state index contributed by atoms with van der Waals surface area (Å²) in [5.41, 5.74) is 1.71. The molecule has 0 aliphatic carbocycles. The Morgan fingerprint density at radius 1 is 0.603 bits per heavy atom. The first-order valence-corrected chi connectivity index (χ1v) is 21.6. The van der Waals surface area contributed by atoms with E-state index >= 15 is 0 Å². The zero-order valence-corrected chi connectivity index (χ0v) is 37.2. The SMILES string of the molecule is CCCC(S)[C@@H]1NC[C@H](C(C)C)NC(=O)[C@@H](Cc2c[nH]c3ccccc23)NC(=O)[C@H](C(C)C)NC(=O)[C@@H](CC(C)C)NC(=O)[C@H](C(C)C)NC(=O)[C@@H](C(C)C)NC1=O. The highest BCUT2D eigenvalue weighted by Crippen LogP contribution is 2.20. The second-order valence-electron chi connectivity index (χ2n) is 17.6. The number of thiol groups is 1. The first kappa shape index (κ1) is 48.3. The largest absolute Gasteiger partial charge is 0.361 e. The Morgan fingerprint density at radius 3 is 1.60 bits per heavy atom. The van der Waals surface area contributed by atoms with Gasteiger partial charge in [-0.1, -0.05) is 101 Å². The van der Waals surface area contributed by atoms with E-state index in [2.05, 4.69) is 42.2 Å². The van der Waals surface area contributed by atoms with E-state index in [1.807, 2.05) is 78.9 Å². The van der Waals surface area contributed by atoms with Gasteiger partial charge in [0.15, 0.2) is 0 Å². The first-order chi connectivity index (χ1) is 27.2. The quantitative estimate of drug-likeness (QED) is 0.155. The van der Waals surface area contributed by atoms with E-state index in [0.29, 0.717) is 6.42 Å². The number of hydrogen-bond acceptors (Lipinski definition) is 8. The van der Waals surface area contributed by atoms with Crippen LogP contribution in [0.1, 0.15) is 101 Å². The number of hydrogen-bond donors (Lipinski definition) is 9. The van der Waals surface area contributed by atoms with Gasteiger partial charge in [-0.15, -0.1) is 0 Å². The number of benzene rings is 1. The zero-order chi connectivity index (χ0) is 43.4. The molecule has 1 saturated heterocycles. The second-order valence-corrected chi connectivity index (χ2v) is 18.3. The Balaban J connectivity index is 2.15. The number of rotatable bonds is 11. The Bertz CT molecular complexity index is 1710. The molecule has 2 aromatic rings. The van der Waals surface area contributed by atoms with Gasteiger partial charge in [-0.05, 0) is 54.1 Å². The Kier molecular flexibility index (Phi) is 18.6. The minimum absolute atomic E-state index is 0.0208. The molecule has 14 nitrogen and oxygen atoms in total. The summed E-state index contributed by atoms with van der Waals surface area (Å²) in [6.45, 7) is 20.7. The first-order valence-electron chi connectivity index (χ1n) is 21.0. The second kappa shape index (κ2) is 22.3. The minimum atomic E-state index is -1.05. The number of fused-ring (bicyclic) bond motifs is 1. The number of para-hydroxylation sites is 1. The third kappa shape index (κ3) is 13.5. The van der Waals surface area contributed by atoms with E-state index in [1.54, 1.807) is 27.7 Å². The maximum Gasteiger partial charge on any atom is 0.243 e. The molecule has 3 rings (SSSR count). The van der Waals surface area contributed by atoms with Gasteiger partial charge in [0.2, 0.25) is 35.4 Å². The maximum atomic E-state index is 14.4. The molecule has 0 bridgehead atoms. The predicted molar refractivity (Wildman–Crippen MR) is 232 cm³/mol. The molecule has 1 aliphatic heterocycles. The topological polar surface area (TPSA) is 202 Å². The van der Waals surface area contributed by atoms with Crippen molar-refractivity contribution >= 4 is 59.0 Å². The molecule has 0 saturated carbocycles. The van der Waals surface area contributed by atoms with Gasteiger partial charge in [-0.2, -0.15) is 12.6 Å². The number of amides is 6. The fourth-order valence-corrected chi connectivity index (χ4v) is 7.66. The summed E-state index contributed by atoms with van der Waals surface area (Å²) >= 11 is 4.81. The molecule has 0 radical (unpaired) electrons. The van der Waals surface area contributed by atoms with Crippen molar-refractivity contribution in [2.75, 3.05) is 6.54 Å². The van der Waals surface area contributed by atoms with Gasteiger partial charge in [-0.3, -0.25) is 28.8 Å². The number of nitrogens with one attached hydrogen (secondary N) is 8. The lowest BCUT2D eigenvalue weighted by Gasteiger charge is -2.32. The van der Waals surface area contributed by atoms with Gasteiger partial charge >= 0.3 is 0 Å². The summed E-state index contributed by atoms with van der Waals surface area (Å²) in [5.74, 6) is -4.32. The summed E-state index contributed by atoms with van der Waals surface area (Å²) in [5, 5.41) is 21.4. The third-order valence-electron chi connectivity index (χ3n) is 10.8. The van der Waals surface area contributed by atoms with Crippen LogP contribution in [0.4, 0.5) is 0 Å². The van der Waals surface area contributed by atoms with Crippen molar-refractivity contribution in [3.05, 3.63) is 36.0 Å². The lowest BCUT2D eigenvalue weighted by molar-refractivity contribution is -0.136. The summed E-state index contributed by atoms with van der Waals surface area (Å²) in [7, 11) is 0. The third-order valence-corrected chi connectivity index (χ3v) is 11.3. The molecule has 1 aliphatic rings. The molecule has 1 aromatic heterocycles. The van der Waals surface area contributed by atoms with Crippen LogP contribution in [0.15, 0.2) is 30.5 Å². The monoisotopic (exact) mass is 827 g/mol. The average molecular weight is 827 g/mol. The standard InChI is InChI=1S/C43H70N8O6S/c1-12-15-33(58)37-43(57)51-36(26(10)11)42(56)50-35(25(8)9)41(55)46-30(18-22(2)3)39(53)49-34(24(6)7)40(54)47-31(38(52)48-32(21-45-37)23(4)5)19-27-20-44-29-17-14-13-16-28(27)29/h13-14,16-17,20,22-26,30-37,44-45,58H,12,15,18-19,21H2,1-11H3,(H,46,55)(H,47,54)(H,48,52)(H,49,53)(H,50,56)(H,51,57)/t30-,31-,32-,33?,34+,35+,36-,37+/m1/s1. The van der Waals surface area contributed by atoms with Crippen LogP contribution < -0.4 is 37.2 Å². The molecule has 58 heavy (non-hydrogen) atoms. The molecule has 2 heterocycles. The van der Waals surface area contributed by atoms with E-state index in [0.717, 1.165) is 22.9 Å². The van der Waals surface area contributed by atoms with Crippen molar-refractivity contribution in [3.63, 3.8) is 0 Å². The lowest BCUT2D eigenvalue weighted by atomic mass is 9.97. The molecule has 324 valence electrons. The van der Waals surface area contributed by atoms with Gasteiger partial charge < -0.3 is 42.2 Å². The van der Waals surface area contributed by atoms with Crippen LogP contribution in [0.25, 0.3) is 10.9 Å². The molecule has 1 fully saturated rings. The van der Waals surface area contributed by atoms with Gasteiger partial charge in [0.25, 0.3) is 0 Å². The van der Waals surface area contributed by atoms with E-state index in [9.17, 15) is 28.8 Å². The molecular weight excluding hydrogens is 757 g/mol. The molecule has 1 aromatic carbocycles. The molecular formula is C43H70N8O6S. The summed E-state index contributed by atoms with van der Waals surface area (Å²) in [6.07, 6.45) is 3.59. The summed E-state index contributed by atoms with van der Waals surface area (Å²) in [6, 6.07) is 1.22. The van der Waals surface area contributed by atoms with Crippen molar-refractivity contribution < 1.29 is 28.8 Å². The van der Waals surface area contributed by atoms with Crippen LogP contribution >= 0.6 is 12.6 Å². The van der Waals surface area contributed by atoms with Gasteiger partial charge in [-0.25, -0.2) is 0 Å². The van der Waals surface area contributed by atoms with Crippen LogP contribution in [0.5, 0.6) is 0 Å². The van der Waals surface area contributed by atoms with Crippen molar-refractivity contribution in [1.82, 2.24) is 42.2 Å². The number of aromatic nitrogens is 1. The van der Waals surface area contributed by atoms with E-state index in [4.69, 9.17) is 12.6 Å². The van der Waals surface area contributed by atoms with Crippen LogP contribution in [0.2, 0.25) is 0 Å². The molecule has 8 N–H and O–H groups in total. The Labute approximate surface area is 350 Å². The van der Waals surface area contributed by atoms with Crippen molar-refractivity contribution in [1.29, 1.82) is 0 Å². The van der Waals surface area contributed by atoms with Crippen molar-refractivity contribution in [2.24, 2.45) is 29.6 Å². The number of carbonyl (C=O) groups excluding carboxylic acids is 6. The van der Waals surface area contributed by atoms with Crippen LogP contribution in [-0.4, -0.2) is 94.5 Å². The van der Waals surface area contributed by atoms with Gasteiger partial charge in [0.05, 0.1) is 6.04 Å². The average Bonchev–Trinajstić information content (AvgIpc) is 3.55. The van der Waals surface area contributed by atoms with Crippen LogP contribution in [-0.2, 0) is 35.2 Å². The summed E-state index contributed by atoms with van der Waals surface area (Å²) < 4.78 is 0. The fourth-order valence-electron chi connectivity index (χ4n) is 7.16. The predicted octanol–water partition coefficient (Wildman–Crippen LogP) is 3.36. The van der Waals surface area contributed by atoms with Gasteiger partial charge in [0.1, 0.15) is 30.2 Å². The number of carbonyl (C=O) groups is 6. The van der Waals surface area contributed by atoms with Crippen LogP contribution in [0.3, 0.4) is 0 Å². The summed E-state index contributed by atoms with van der Waals surface area (Å²) in [4.78, 5) is 87.9. The Morgan fingerprint density at radius 2 is 1.09 bits per heavy atom. The molecule has 8 atom stereocenters. The highest BCUT2D eigenvalue weighted by molar-refractivity contribution is 7.81.